The van der Waals surface area contributed by atoms with Crippen molar-refractivity contribution in [3.63, 3.8) is 0 Å². The highest BCUT2D eigenvalue weighted by Crippen LogP contribution is 2.22. The fourth-order valence-corrected chi connectivity index (χ4v) is 4.30. The fraction of sp³-hybridized carbons (Fsp3) is 0.0833. The lowest BCUT2D eigenvalue weighted by molar-refractivity contribution is -0.118. The second-order valence-corrected chi connectivity index (χ2v) is 8.86. The molecule has 1 amide bonds. The predicted octanol–water partition coefficient (Wildman–Crippen LogP) is 4.54. The topological polar surface area (TPSA) is 85.6 Å². The summed E-state index contributed by atoms with van der Waals surface area (Å²) in [6.07, 6.45) is 1.23. The van der Waals surface area contributed by atoms with Gasteiger partial charge in [0, 0.05) is 10.0 Å². The van der Waals surface area contributed by atoms with Crippen LogP contribution in [0.3, 0.4) is 0 Å². The lowest BCUT2D eigenvalue weighted by Crippen LogP contribution is -2.24. The van der Waals surface area contributed by atoms with Gasteiger partial charge in [0.05, 0.1) is 35.7 Å². The van der Waals surface area contributed by atoms with E-state index < -0.39 is 11.7 Å². The summed E-state index contributed by atoms with van der Waals surface area (Å²) in [5.74, 6) is -0.294. The monoisotopic (exact) mass is 540 g/mol. The first-order valence-electron chi connectivity index (χ1n) is 10.0. The Kier molecular flexibility index (Phi) is 7.39. The second-order valence-electron chi connectivity index (χ2n) is 7.00. The molecule has 0 bridgehead atoms. The van der Waals surface area contributed by atoms with Crippen LogP contribution in [0.25, 0.3) is 16.6 Å². The zero-order valence-corrected chi connectivity index (χ0v) is 20.3. The first kappa shape index (κ1) is 23.7. The van der Waals surface area contributed by atoms with E-state index in [-0.39, 0.29) is 16.9 Å². The third-order valence-electron chi connectivity index (χ3n) is 4.76. The van der Waals surface area contributed by atoms with Gasteiger partial charge in [0.25, 0.3) is 11.5 Å². The number of benzene rings is 3. The summed E-state index contributed by atoms with van der Waals surface area (Å²) < 4.78 is 21.2. The SMILES string of the molecule is COc1ccc(-n2c(SCC(=O)N/N=C/c3cc(Br)ccc3F)nc3ccccc3c2=O)cc1. The molecule has 1 heterocycles. The number of hydrogen-bond acceptors (Lipinski definition) is 6. The van der Waals surface area contributed by atoms with Crippen LogP contribution in [0.2, 0.25) is 0 Å². The van der Waals surface area contributed by atoms with E-state index in [1.807, 2.05) is 0 Å². The number of aromatic nitrogens is 2. The number of halogens is 2. The molecule has 0 aliphatic rings. The van der Waals surface area contributed by atoms with Crippen LogP contribution in [0.5, 0.6) is 5.75 Å². The lowest BCUT2D eigenvalue weighted by Gasteiger charge is -2.13. The van der Waals surface area contributed by atoms with E-state index in [1.54, 1.807) is 67.8 Å². The summed E-state index contributed by atoms with van der Waals surface area (Å²) >= 11 is 4.36. The summed E-state index contributed by atoms with van der Waals surface area (Å²) in [6, 6.07) is 18.4. The van der Waals surface area contributed by atoms with Crippen molar-refractivity contribution in [3.05, 3.63) is 92.9 Å². The molecule has 0 atom stereocenters. The van der Waals surface area contributed by atoms with Crippen molar-refractivity contribution in [2.45, 2.75) is 5.16 Å². The van der Waals surface area contributed by atoms with E-state index in [1.165, 1.54) is 16.8 Å². The van der Waals surface area contributed by atoms with Crippen LogP contribution < -0.4 is 15.7 Å². The minimum absolute atomic E-state index is 0.0563. The number of thioether (sulfide) groups is 1. The van der Waals surface area contributed by atoms with Gasteiger partial charge in [-0.1, -0.05) is 39.8 Å². The van der Waals surface area contributed by atoms with E-state index in [2.05, 4.69) is 31.4 Å². The van der Waals surface area contributed by atoms with Crippen LogP contribution in [-0.2, 0) is 4.79 Å². The number of amides is 1. The van der Waals surface area contributed by atoms with Crippen LogP contribution in [0.1, 0.15) is 5.56 Å². The third-order valence-corrected chi connectivity index (χ3v) is 6.19. The number of hydrazone groups is 1. The molecular formula is C24H18BrFN4O3S. The highest BCUT2D eigenvalue weighted by molar-refractivity contribution is 9.10. The number of carbonyl (C=O) groups is 1. The minimum atomic E-state index is -0.459. The zero-order chi connectivity index (χ0) is 24.1. The van der Waals surface area contributed by atoms with Gasteiger partial charge >= 0.3 is 0 Å². The number of nitrogens with zero attached hydrogens (tertiary/aromatic N) is 3. The Hall–Kier alpha value is -3.50. The number of rotatable bonds is 7. The Bertz CT molecular complexity index is 1440. The summed E-state index contributed by atoms with van der Waals surface area (Å²) in [7, 11) is 1.56. The van der Waals surface area contributed by atoms with Gasteiger partial charge < -0.3 is 4.74 Å². The van der Waals surface area contributed by atoms with Crippen molar-refractivity contribution < 1.29 is 13.9 Å². The number of methoxy groups -OCH3 is 1. The van der Waals surface area contributed by atoms with Gasteiger partial charge in [-0.2, -0.15) is 5.10 Å². The molecule has 0 aliphatic heterocycles. The largest absolute Gasteiger partial charge is 0.497 e. The molecule has 172 valence electrons. The average molecular weight is 541 g/mol. The normalized spacial score (nSPS) is 11.1. The predicted molar refractivity (Wildman–Crippen MR) is 134 cm³/mol. The third kappa shape index (κ3) is 5.35. The molecule has 7 nitrogen and oxygen atoms in total. The van der Waals surface area contributed by atoms with Gasteiger partial charge in [0.15, 0.2) is 5.16 Å². The number of nitrogens with one attached hydrogen (secondary N) is 1. The second kappa shape index (κ2) is 10.6. The maximum Gasteiger partial charge on any atom is 0.266 e. The molecule has 0 saturated heterocycles. The molecular weight excluding hydrogens is 523 g/mol. The molecule has 0 unspecified atom stereocenters. The highest BCUT2D eigenvalue weighted by Gasteiger charge is 2.15. The number of ether oxygens (including phenoxy) is 1. The van der Waals surface area contributed by atoms with Crippen molar-refractivity contribution in [1.82, 2.24) is 15.0 Å². The maximum absolute atomic E-state index is 13.8. The van der Waals surface area contributed by atoms with Gasteiger partial charge in [0.1, 0.15) is 11.6 Å². The Labute approximate surface area is 206 Å². The first-order valence-corrected chi connectivity index (χ1v) is 11.8. The Morgan fingerprint density at radius 1 is 1.21 bits per heavy atom. The molecule has 3 aromatic carbocycles. The van der Waals surface area contributed by atoms with Crippen LogP contribution in [0.4, 0.5) is 4.39 Å². The molecule has 0 aliphatic carbocycles. The van der Waals surface area contributed by atoms with Gasteiger partial charge in [-0.05, 0) is 54.6 Å². The van der Waals surface area contributed by atoms with Crippen molar-refractivity contribution in [2.75, 3.05) is 12.9 Å². The van der Waals surface area contributed by atoms with E-state index >= 15 is 0 Å². The van der Waals surface area contributed by atoms with Crippen LogP contribution in [-0.4, -0.2) is 34.5 Å². The number of carbonyl (C=O) groups excluding carboxylic acids is 1. The molecule has 34 heavy (non-hydrogen) atoms. The van der Waals surface area contributed by atoms with E-state index in [0.717, 1.165) is 11.8 Å². The van der Waals surface area contributed by atoms with Crippen LogP contribution in [0.15, 0.2) is 86.3 Å². The molecule has 10 heteroatoms. The molecule has 1 aromatic heterocycles. The standard InChI is InChI=1S/C24H18BrFN4O3S/c1-33-18-9-7-17(8-10-18)30-23(32)19-4-2-3-5-21(19)28-24(30)34-14-22(31)29-27-13-15-12-16(25)6-11-20(15)26/h2-13H,14H2,1H3,(H,29,31)/b27-13+. The summed E-state index contributed by atoms with van der Waals surface area (Å²) in [5, 5.41) is 4.64. The Morgan fingerprint density at radius 3 is 2.74 bits per heavy atom. The Morgan fingerprint density at radius 2 is 1.97 bits per heavy atom. The number of fused-ring (bicyclic) bond motifs is 1. The summed E-state index contributed by atoms with van der Waals surface area (Å²) in [4.78, 5) is 30.2. The van der Waals surface area contributed by atoms with Crippen molar-refractivity contribution in [1.29, 1.82) is 0 Å². The summed E-state index contributed by atoms with van der Waals surface area (Å²) in [5.41, 5.74) is 3.47. The van der Waals surface area contributed by atoms with Crippen molar-refractivity contribution >= 4 is 50.7 Å². The highest BCUT2D eigenvalue weighted by atomic mass is 79.9. The van der Waals surface area contributed by atoms with Crippen molar-refractivity contribution in [3.8, 4) is 11.4 Å². The van der Waals surface area contributed by atoms with Crippen molar-refractivity contribution in [2.24, 2.45) is 5.10 Å². The zero-order valence-electron chi connectivity index (χ0n) is 17.9. The molecule has 4 rings (SSSR count). The van der Waals surface area contributed by atoms with E-state index in [4.69, 9.17) is 4.74 Å². The first-order chi connectivity index (χ1) is 16.5. The summed E-state index contributed by atoms with van der Waals surface area (Å²) in [6.45, 7) is 0. The molecule has 0 saturated carbocycles. The smallest absolute Gasteiger partial charge is 0.266 e. The molecule has 0 radical (unpaired) electrons. The Balaban J connectivity index is 1.57. The van der Waals surface area contributed by atoms with E-state index in [9.17, 15) is 14.0 Å². The van der Waals surface area contributed by atoms with Gasteiger partial charge in [-0.15, -0.1) is 0 Å². The maximum atomic E-state index is 13.8. The molecule has 0 spiro atoms. The quantitative estimate of drug-likeness (QED) is 0.161. The minimum Gasteiger partial charge on any atom is -0.497 e. The molecule has 1 N–H and O–H groups in total. The number of para-hydroxylation sites is 1. The van der Waals surface area contributed by atoms with Crippen LogP contribution >= 0.6 is 27.7 Å². The number of hydrogen-bond donors (Lipinski definition) is 1. The molecule has 4 aromatic rings. The van der Waals surface area contributed by atoms with Gasteiger partial charge in [0.2, 0.25) is 0 Å². The fourth-order valence-electron chi connectivity index (χ4n) is 3.12. The lowest BCUT2D eigenvalue weighted by atomic mass is 10.2. The van der Waals surface area contributed by atoms with Gasteiger partial charge in [-0.25, -0.2) is 14.8 Å². The van der Waals surface area contributed by atoms with E-state index in [0.29, 0.717) is 32.0 Å². The van der Waals surface area contributed by atoms with Crippen LogP contribution in [0, 0.1) is 5.82 Å². The molecule has 0 fully saturated rings. The average Bonchev–Trinajstić information content (AvgIpc) is 2.85. The van der Waals surface area contributed by atoms with Gasteiger partial charge in [-0.3, -0.25) is 14.2 Å².